The van der Waals surface area contributed by atoms with Crippen LogP contribution in [0.4, 0.5) is 0 Å². The zero-order valence-corrected chi connectivity index (χ0v) is 18.4. The molecule has 4 bridgehead atoms. The molecule has 158 valence electrons. The lowest BCUT2D eigenvalue weighted by molar-refractivity contribution is -0.140. The van der Waals surface area contributed by atoms with E-state index in [9.17, 15) is 9.59 Å². The van der Waals surface area contributed by atoms with Gasteiger partial charge in [-0.1, -0.05) is 17.7 Å². The standard InChI is InChI=1S/C22H28Cl2N2O3/c1-21(2,29-17-5-3-4-16(24)8-17)20(28)25-19-14-6-13-7-15(19)11-22(9-13,10-14)26-18(27)12-23/h3-5,8,13-15,19H,6-7,9-12H2,1-2H3,(H,25,28)(H,26,27)/t13?,14-,15+,19+,22+. The first kappa shape index (κ1) is 20.8. The fourth-order valence-corrected chi connectivity index (χ4v) is 6.19. The van der Waals surface area contributed by atoms with Gasteiger partial charge in [0.1, 0.15) is 11.6 Å². The summed E-state index contributed by atoms with van der Waals surface area (Å²) in [6.07, 6.45) is 5.06. The Bertz CT molecular complexity index is 797. The van der Waals surface area contributed by atoms with Gasteiger partial charge in [0, 0.05) is 16.6 Å². The Labute approximate surface area is 181 Å². The summed E-state index contributed by atoms with van der Waals surface area (Å²) in [5.41, 5.74) is -1.15. The van der Waals surface area contributed by atoms with Crippen LogP contribution < -0.4 is 15.4 Å². The van der Waals surface area contributed by atoms with Gasteiger partial charge in [-0.2, -0.15) is 0 Å². The average Bonchev–Trinajstić information content (AvgIpc) is 2.63. The molecule has 0 aliphatic heterocycles. The van der Waals surface area contributed by atoms with Crippen molar-refractivity contribution in [2.75, 3.05) is 5.88 Å². The second-order valence-electron chi connectivity index (χ2n) is 9.50. The van der Waals surface area contributed by atoms with Crippen molar-refractivity contribution in [2.24, 2.45) is 17.8 Å². The van der Waals surface area contributed by atoms with E-state index in [0.29, 0.717) is 28.5 Å². The summed E-state index contributed by atoms with van der Waals surface area (Å²) in [6, 6.07) is 7.21. The van der Waals surface area contributed by atoms with Crippen LogP contribution in [0.5, 0.6) is 5.75 Å². The van der Waals surface area contributed by atoms with E-state index in [2.05, 4.69) is 10.6 Å². The molecule has 0 saturated heterocycles. The average molecular weight is 439 g/mol. The fraction of sp³-hybridized carbons (Fsp3) is 0.636. The number of carbonyl (C=O) groups excluding carboxylic acids is 2. The summed E-state index contributed by atoms with van der Waals surface area (Å²) in [5.74, 6) is 1.74. The summed E-state index contributed by atoms with van der Waals surface area (Å²) in [4.78, 5) is 25.0. The highest BCUT2D eigenvalue weighted by molar-refractivity contribution is 6.30. The van der Waals surface area contributed by atoms with Gasteiger partial charge in [0.05, 0.1) is 0 Å². The second-order valence-corrected chi connectivity index (χ2v) is 10.2. The van der Waals surface area contributed by atoms with E-state index in [1.54, 1.807) is 38.1 Å². The van der Waals surface area contributed by atoms with E-state index in [1.165, 1.54) is 0 Å². The highest BCUT2D eigenvalue weighted by Gasteiger charge is 2.56. The predicted molar refractivity (Wildman–Crippen MR) is 113 cm³/mol. The summed E-state index contributed by atoms with van der Waals surface area (Å²) >= 11 is 11.8. The minimum absolute atomic E-state index is 0.00303. The first-order chi connectivity index (χ1) is 13.7. The van der Waals surface area contributed by atoms with Gasteiger partial charge in [-0.3, -0.25) is 9.59 Å². The molecule has 2 amide bonds. The third-order valence-corrected chi connectivity index (χ3v) is 7.29. The molecule has 4 aliphatic carbocycles. The van der Waals surface area contributed by atoms with Gasteiger partial charge in [-0.25, -0.2) is 0 Å². The SMILES string of the molecule is CC(C)(Oc1cccc(Cl)c1)C(=O)N[C@H]1[C@@H]2CC3C[C@H]1C[C@](NC(=O)CCl)(C3)C2. The van der Waals surface area contributed by atoms with Crippen molar-refractivity contribution in [3.8, 4) is 5.75 Å². The van der Waals surface area contributed by atoms with Crippen LogP contribution >= 0.6 is 23.2 Å². The third-order valence-electron chi connectivity index (χ3n) is 6.81. The van der Waals surface area contributed by atoms with Crippen LogP contribution in [-0.2, 0) is 9.59 Å². The first-order valence-corrected chi connectivity index (χ1v) is 11.2. The van der Waals surface area contributed by atoms with Gasteiger partial charge in [0.2, 0.25) is 5.91 Å². The largest absolute Gasteiger partial charge is 0.478 e. The molecule has 4 aliphatic rings. The minimum Gasteiger partial charge on any atom is -0.478 e. The molecule has 0 radical (unpaired) electrons. The zero-order valence-electron chi connectivity index (χ0n) is 16.8. The normalized spacial score (nSPS) is 32.7. The van der Waals surface area contributed by atoms with Crippen LogP contribution in [0.3, 0.4) is 0 Å². The Morgan fingerprint density at radius 3 is 2.52 bits per heavy atom. The molecule has 5 nitrogen and oxygen atoms in total. The fourth-order valence-electron chi connectivity index (χ4n) is 5.94. The molecule has 1 unspecified atom stereocenters. The molecule has 0 heterocycles. The maximum atomic E-state index is 13.1. The van der Waals surface area contributed by atoms with Crippen molar-refractivity contribution in [2.45, 2.75) is 63.1 Å². The maximum Gasteiger partial charge on any atom is 0.263 e. The van der Waals surface area contributed by atoms with E-state index in [1.807, 2.05) is 0 Å². The predicted octanol–water partition coefficient (Wildman–Crippen LogP) is 3.92. The molecule has 0 spiro atoms. The molecule has 5 atom stereocenters. The topological polar surface area (TPSA) is 67.4 Å². The van der Waals surface area contributed by atoms with E-state index in [0.717, 1.165) is 32.1 Å². The van der Waals surface area contributed by atoms with E-state index in [-0.39, 0.29) is 29.3 Å². The smallest absolute Gasteiger partial charge is 0.263 e. The molecule has 4 fully saturated rings. The molecule has 0 aromatic heterocycles. The molecule has 4 saturated carbocycles. The molecule has 1 aromatic carbocycles. The maximum absolute atomic E-state index is 13.1. The summed E-state index contributed by atoms with van der Waals surface area (Å²) in [7, 11) is 0. The van der Waals surface area contributed by atoms with Gasteiger partial charge in [-0.15, -0.1) is 11.6 Å². The number of amides is 2. The molecule has 1 aromatic rings. The van der Waals surface area contributed by atoms with Crippen molar-refractivity contribution in [1.29, 1.82) is 0 Å². The van der Waals surface area contributed by atoms with E-state index in [4.69, 9.17) is 27.9 Å². The lowest BCUT2D eigenvalue weighted by Crippen LogP contribution is -2.67. The number of ether oxygens (including phenoxy) is 1. The minimum atomic E-state index is -1.01. The van der Waals surface area contributed by atoms with Crippen LogP contribution in [0.25, 0.3) is 0 Å². The van der Waals surface area contributed by atoms with Crippen molar-refractivity contribution >= 4 is 35.0 Å². The number of nitrogens with one attached hydrogen (secondary N) is 2. The number of hydrogen-bond acceptors (Lipinski definition) is 3. The Hall–Kier alpha value is -1.46. The van der Waals surface area contributed by atoms with Gasteiger partial charge in [-0.05, 0) is 81.9 Å². The Morgan fingerprint density at radius 2 is 1.90 bits per heavy atom. The van der Waals surface area contributed by atoms with Crippen LogP contribution in [0, 0.1) is 17.8 Å². The van der Waals surface area contributed by atoms with Gasteiger partial charge < -0.3 is 15.4 Å². The van der Waals surface area contributed by atoms with Crippen LogP contribution in [0.1, 0.15) is 46.0 Å². The summed E-state index contributed by atoms with van der Waals surface area (Å²) in [6.45, 7) is 3.56. The van der Waals surface area contributed by atoms with Crippen molar-refractivity contribution in [3.63, 3.8) is 0 Å². The van der Waals surface area contributed by atoms with Gasteiger partial charge >= 0.3 is 0 Å². The molecular formula is C22H28Cl2N2O3. The second kappa shape index (κ2) is 7.66. The summed E-state index contributed by atoms with van der Waals surface area (Å²) < 4.78 is 5.96. The van der Waals surface area contributed by atoms with Crippen molar-refractivity contribution in [1.82, 2.24) is 10.6 Å². The number of alkyl halides is 1. The number of carbonyl (C=O) groups is 2. The number of benzene rings is 1. The van der Waals surface area contributed by atoms with E-state index >= 15 is 0 Å². The van der Waals surface area contributed by atoms with Crippen LogP contribution in [0.15, 0.2) is 24.3 Å². The molecule has 5 rings (SSSR count). The Kier molecular flexibility index (Phi) is 5.49. The quantitative estimate of drug-likeness (QED) is 0.661. The van der Waals surface area contributed by atoms with Gasteiger partial charge in [0.25, 0.3) is 5.91 Å². The van der Waals surface area contributed by atoms with Crippen molar-refractivity contribution in [3.05, 3.63) is 29.3 Å². The number of rotatable bonds is 6. The molecule has 29 heavy (non-hydrogen) atoms. The number of hydrogen-bond donors (Lipinski definition) is 2. The highest BCUT2D eigenvalue weighted by Crippen LogP contribution is 2.55. The van der Waals surface area contributed by atoms with E-state index < -0.39 is 5.60 Å². The Balaban J connectivity index is 1.44. The third kappa shape index (κ3) is 4.22. The molecule has 7 heteroatoms. The number of halogens is 2. The monoisotopic (exact) mass is 438 g/mol. The van der Waals surface area contributed by atoms with Crippen molar-refractivity contribution < 1.29 is 14.3 Å². The summed E-state index contributed by atoms with van der Waals surface area (Å²) in [5, 5.41) is 7.05. The molecule has 2 N–H and O–H groups in total. The highest BCUT2D eigenvalue weighted by atomic mass is 35.5. The van der Waals surface area contributed by atoms with Gasteiger partial charge in [0.15, 0.2) is 5.60 Å². The van der Waals surface area contributed by atoms with Crippen LogP contribution in [0.2, 0.25) is 5.02 Å². The zero-order chi connectivity index (χ0) is 20.8. The lowest BCUT2D eigenvalue weighted by atomic mass is 9.51. The first-order valence-electron chi connectivity index (χ1n) is 10.3. The molecular weight excluding hydrogens is 411 g/mol. The van der Waals surface area contributed by atoms with Crippen LogP contribution in [-0.4, -0.2) is 34.9 Å². The lowest BCUT2D eigenvalue weighted by Gasteiger charge is -2.60. The Morgan fingerprint density at radius 1 is 1.21 bits per heavy atom.